The molecule has 3 nitrogen and oxygen atoms in total. The second-order valence-corrected chi connectivity index (χ2v) is 5.75. The highest BCUT2D eigenvalue weighted by Gasteiger charge is 2.21. The highest BCUT2D eigenvalue weighted by Crippen LogP contribution is 2.32. The predicted molar refractivity (Wildman–Crippen MR) is 87.9 cm³/mol. The molecule has 1 atom stereocenters. The minimum absolute atomic E-state index is 0.106. The van der Waals surface area contributed by atoms with E-state index < -0.39 is 0 Å². The molecule has 22 heavy (non-hydrogen) atoms. The van der Waals surface area contributed by atoms with Crippen molar-refractivity contribution in [2.45, 2.75) is 19.3 Å². The molecule has 2 aromatic carbocycles. The SMILES string of the molecule is COc1ccc2c(c1)C(c1cccc(C(C)=O)c1)CNCC2. The molecule has 3 heteroatoms. The number of ether oxygens (including phenoxy) is 1. The average Bonchev–Trinajstić information content (AvgIpc) is 2.76. The first-order chi connectivity index (χ1) is 10.7. The van der Waals surface area contributed by atoms with Crippen molar-refractivity contribution in [3.8, 4) is 5.75 Å². The van der Waals surface area contributed by atoms with Crippen LogP contribution in [-0.4, -0.2) is 26.0 Å². The third-order valence-electron chi connectivity index (χ3n) is 4.34. The summed E-state index contributed by atoms with van der Waals surface area (Å²) in [7, 11) is 1.70. The molecule has 0 amide bonds. The number of hydrogen-bond donors (Lipinski definition) is 1. The van der Waals surface area contributed by atoms with Crippen LogP contribution in [0.3, 0.4) is 0 Å². The van der Waals surface area contributed by atoms with Crippen molar-refractivity contribution in [2.75, 3.05) is 20.2 Å². The van der Waals surface area contributed by atoms with Gasteiger partial charge in [-0.2, -0.15) is 0 Å². The topological polar surface area (TPSA) is 38.3 Å². The molecule has 1 aliphatic heterocycles. The van der Waals surface area contributed by atoms with E-state index in [9.17, 15) is 4.79 Å². The molecule has 0 fully saturated rings. The van der Waals surface area contributed by atoms with E-state index in [0.717, 1.165) is 30.8 Å². The van der Waals surface area contributed by atoms with Gasteiger partial charge in [0, 0.05) is 18.0 Å². The second kappa shape index (κ2) is 6.32. The Morgan fingerprint density at radius 3 is 2.86 bits per heavy atom. The largest absolute Gasteiger partial charge is 0.497 e. The Labute approximate surface area is 131 Å². The molecule has 0 radical (unpaired) electrons. The maximum absolute atomic E-state index is 11.7. The Morgan fingerprint density at radius 2 is 2.09 bits per heavy atom. The molecule has 0 aliphatic carbocycles. The van der Waals surface area contributed by atoms with Crippen molar-refractivity contribution >= 4 is 5.78 Å². The maximum atomic E-state index is 11.7. The number of methoxy groups -OCH3 is 1. The number of Topliss-reactive ketones (excluding diaryl/α,β-unsaturated/α-hetero) is 1. The van der Waals surface area contributed by atoms with Crippen molar-refractivity contribution in [3.05, 3.63) is 64.7 Å². The first kappa shape index (κ1) is 14.8. The van der Waals surface area contributed by atoms with E-state index in [-0.39, 0.29) is 11.7 Å². The lowest BCUT2D eigenvalue weighted by atomic mass is 9.87. The van der Waals surface area contributed by atoms with Gasteiger partial charge in [0.15, 0.2) is 5.78 Å². The molecule has 2 aromatic rings. The smallest absolute Gasteiger partial charge is 0.159 e. The summed E-state index contributed by atoms with van der Waals surface area (Å²) in [5, 5.41) is 3.50. The number of ketones is 1. The van der Waals surface area contributed by atoms with Crippen LogP contribution in [0.4, 0.5) is 0 Å². The van der Waals surface area contributed by atoms with Gasteiger partial charge in [0.25, 0.3) is 0 Å². The van der Waals surface area contributed by atoms with E-state index in [1.54, 1.807) is 14.0 Å². The van der Waals surface area contributed by atoms with Crippen molar-refractivity contribution in [3.63, 3.8) is 0 Å². The summed E-state index contributed by atoms with van der Waals surface area (Å²) in [6.07, 6.45) is 1.02. The van der Waals surface area contributed by atoms with E-state index >= 15 is 0 Å². The summed E-state index contributed by atoms with van der Waals surface area (Å²) in [6, 6.07) is 14.3. The molecular weight excluding hydrogens is 274 g/mol. The van der Waals surface area contributed by atoms with Crippen molar-refractivity contribution in [1.82, 2.24) is 5.32 Å². The van der Waals surface area contributed by atoms with E-state index in [1.165, 1.54) is 16.7 Å². The number of benzene rings is 2. The average molecular weight is 295 g/mol. The first-order valence-corrected chi connectivity index (χ1v) is 7.67. The van der Waals surface area contributed by atoms with Gasteiger partial charge in [0.05, 0.1) is 7.11 Å². The Bertz CT molecular complexity index is 694. The van der Waals surface area contributed by atoms with Gasteiger partial charge < -0.3 is 10.1 Å². The standard InChI is InChI=1S/C19H21NO2/c1-13(21)15-4-3-5-16(10-15)19-12-20-9-8-14-6-7-17(22-2)11-18(14)19/h3-7,10-11,19-20H,8-9,12H2,1-2H3. The lowest BCUT2D eigenvalue weighted by Crippen LogP contribution is -2.21. The van der Waals surface area contributed by atoms with Gasteiger partial charge in [0.2, 0.25) is 0 Å². The molecular formula is C19H21NO2. The van der Waals surface area contributed by atoms with Crippen molar-refractivity contribution in [2.24, 2.45) is 0 Å². The number of rotatable bonds is 3. The fourth-order valence-electron chi connectivity index (χ4n) is 3.10. The molecule has 3 rings (SSSR count). The third kappa shape index (κ3) is 2.90. The number of hydrogen-bond acceptors (Lipinski definition) is 3. The van der Waals surface area contributed by atoms with E-state index in [4.69, 9.17) is 4.74 Å². The van der Waals surface area contributed by atoms with Gasteiger partial charge in [-0.15, -0.1) is 0 Å². The summed E-state index contributed by atoms with van der Waals surface area (Å²) < 4.78 is 5.39. The van der Waals surface area contributed by atoms with E-state index in [2.05, 4.69) is 23.5 Å². The summed E-state index contributed by atoms with van der Waals surface area (Å²) in [5.74, 6) is 1.23. The normalized spacial score (nSPS) is 17.5. The summed E-state index contributed by atoms with van der Waals surface area (Å²) in [6.45, 7) is 3.46. The van der Waals surface area contributed by atoms with Gasteiger partial charge in [-0.1, -0.05) is 24.3 Å². The van der Waals surface area contributed by atoms with Crippen LogP contribution < -0.4 is 10.1 Å². The lowest BCUT2D eigenvalue weighted by Gasteiger charge is -2.19. The van der Waals surface area contributed by atoms with E-state index in [1.807, 2.05) is 24.3 Å². The van der Waals surface area contributed by atoms with E-state index in [0.29, 0.717) is 0 Å². The van der Waals surface area contributed by atoms with Gasteiger partial charge >= 0.3 is 0 Å². The second-order valence-electron chi connectivity index (χ2n) is 5.75. The Kier molecular flexibility index (Phi) is 4.25. The zero-order valence-corrected chi connectivity index (χ0v) is 13.1. The predicted octanol–water partition coefficient (Wildman–Crippen LogP) is 3.18. The molecule has 0 spiro atoms. The highest BCUT2D eigenvalue weighted by molar-refractivity contribution is 5.94. The fourth-order valence-corrected chi connectivity index (χ4v) is 3.10. The molecule has 0 saturated heterocycles. The van der Waals surface area contributed by atoms with Gasteiger partial charge in [0.1, 0.15) is 5.75 Å². The maximum Gasteiger partial charge on any atom is 0.159 e. The lowest BCUT2D eigenvalue weighted by molar-refractivity contribution is 0.101. The zero-order valence-electron chi connectivity index (χ0n) is 13.1. The molecule has 0 bridgehead atoms. The quantitative estimate of drug-likeness (QED) is 0.884. The Hall–Kier alpha value is -2.13. The molecule has 1 aliphatic rings. The van der Waals surface area contributed by atoms with Crippen LogP contribution in [-0.2, 0) is 6.42 Å². The highest BCUT2D eigenvalue weighted by atomic mass is 16.5. The Morgan fingerprint density at radius 1 is 1.23 bits per heavy atom. The van der Waals surface area contributed by atoms with Gasteiger partial charge in [-0.05, 0) is 54.8 Å². The molecule has 1 heterocycles. The molecule has 1 unspecified atom stereocenters. The Balaban J connectivity index is 2.07. The van der Waals surface area contributed by atoms with Crippen LogP contribution in [0, 0.1) is 0 Å². The number of carbonyl (C=O) groups is 1. The number of fused-ring (bicyclic) bond motifs is 1. The van der Waals surface area contributed by atoms with Crippen molar-refractivity contribution in [1.29, 1.82) is 0 Å². The summed E-state index contributed by atoms with van der Waals surface area (Å²) in [5.41, 5.74) is 4.59. The zero-order chi connectivity index (χ0) is 15.5. The molecule has 1 N–H and O–H groups in total. The van der Waals surface area contributed by atoms with Crippen LogP contribution in [0.5, 0.6) is 5.75 Å². The van der Waals surface area contributed by atoms with Crippen molar-refractivity contribution < 1.29 is 9.53 Å². The summed E-state index contributed by atoms with van der Waals surface area (Å²) >= 11 is 0. The van der Waals surface area contributed by atoms with Gasteiger partial charge in [-0.25, -0.2) is 0 Å². The third-order valence-corrected chi connectivity index (χ3v) is 4.34. The minimum Gasteiger partial charge on any atom is -0.497 e. The molecule has 114 valence electrons. The minimum atomic E-state index is 0.106. The van der Waals surface area contributed by atoms with Crippen LogP contribution >= 0.6 is 0 Å². The monoisotopic (exact) mass is 295 g/mol. The molecule has 0 aromatic heterocycles. The fraction of sp³-hybridized carbons (Fsp3) is 0.316. The van der Waals surface area contributed by atoms with Crippen LogP contribution in [0.25, 0.3) is 0 Å². The molecule has 0 saturated carbocycles. The number of nitrogens with one attached hydrogen (secondary N) is 1. The van der Waals surface area contributed by atoms with Crippen LogP contribution in [0.2, 0.25) is 0 Å². The van der Waals surface area contributed by atoms with Gasteiger partial charge in [-0.3, -0.25) is 4.79 Å². The first-order valence-electron chi connectivity index (χ1n) is 7.67. The number of carbonyl (C=O) groups excluding carboxylic acids is 1. The van der Waals surface area contributed by atoms with Crippen LogP contribution in [0.1, 0.15) is 39.9 Å². The summed E-state index contributed by atoms with van der Waals surface area (Å²) in [4.78, 5) is 11.7. The van der Waals surface area contributed by atoms with Crippen LogP contribution in [0.15, 0.2) is 42.5 Å².